The van der Waals surface area contributed by atoms with Crippen LogP contribution in [0, 0.1) is 0 Å². The molecule has 1 heterocycles. The van der Waals surface area contributed by atoms with Gasteiger partial charge in [0, 0.05) is 37.8 Å². The van der Waals surface area contributed by atoms with Crippen LogP contribution in [0.5, 0.6) is 0 Å². The van der Waals surface area contributed by atoms with Crippen molar-refractivity contribution in [1.29, 1.82) is 0 Å². The monoisotopic (exact) mass is 365 g/mol. The smallest absolute Gasteiger partial charge is 0.317 e. The Kier molecular flexibility index (Phi) is 6.12. The molecule has 0 aromatic heterocycles. The van der Waals surface area contributed by atoms with Crippen molar-refractivity contribution in [1.82, 2.24) is 15.1 Å². The maximum atomic E-state index is 13.0. The first-order valence-corrected chi connectivity index (χ1v) is 9.55. The van der Waals surface area contributed by atoms with Gasteiger partial charge in [0.25, 0.3) is 5.91 Å². The number of benzene rings is 2. The third kappa shape index (κ3) is 4.88. The molecular formula is C22H27N3O2. The van der Waals surface area contributed by atoms with Gasteiger partial charge in [-0.25, -0.2) is 4.79 Å². The molecule has 0 atom stereocenters. The first-order chi connectivity index (χ1) is 13.0. The van der Waals surface area contributed by atoms with Crippen molar-refractivity contribution in [2.24, 2.45) is 0 Å². The van der Waals surface area contributed by atoms with Crippen LogP contribution >= 0.6 is 0 Å². The number of carbonyl (C=O) groups is 2. The molecule has 0 spiro atoms. The summed E-state index contributed by atoms with van der Waals surface area (Å²) in [7, 11) is 0. The van der Waals surface area contributed by atoms with Crippen molar-refractivity contribution < 1.29 is 9.59 Å². The second-order valence-corrected chi connectivity index (χ2v) is 7.18. The molecule has 2 aromatic rings. The average molecular weight is 365 g/mol. The maximum Gasteiger partial charge on any atom is 0.317 e. The van der Waals surface area contributed by atoms with E-state index in [1.807, 2.05) is 73.3 Å². The Balaban J connectivity index is 1.69. The van der Waals surface area contributed by atoms with Gasteiger partial charge in [-0.15, -0.1) is 0 Å². The zero-order valence-corrected chi connectivity index (χ0v) is 16.0. The molecule has 5 heteroatoms. The quantitative estimate of drug-likeness (QED) is 0.903. The first kappa shape index (κ1) is 19.0. The highest BCUT2D eigenvalue weighted by molar-refractivity contribution is 5.95. The van der Waals surface area contributed by atoms with Crippen LogP contribution < -0.4 is 5.32 Å². The molecule has 0 unspecified atom stereocenters. The Morgan fingerprint density at radius 1 is 0.852 bits per heavy atom. The lowest BCUT2D eigenvalue weighted by atomic mass is 10.0. The molecule has 1 aliphatic rings. The minimum atomic E-state index is -0.0506. The molecular weight excluding hydrogens is 338 g/mol. The number of urea groups is 1. The van der Waals surface area contributed by atoms with E-state index in [1.165, 1.54) is 0 Å². The molecule has 27 heavy (non-hydrogen) atoms. The predicted molar refractivity (Wildman–Crippen MR) is 108 cm³/mol. The minimum absolute atomic E-state index is 0.0268. The molecule has 0 aliphatic carbocycles. The third-order valence-corrected chi connectivity index (χ3v) is 4.70. The van der Waals surface area contributed by atoms with Crippen LogP contribution in [-0.2, 0) is 0 Å². The Hall–Kier alpha value is -2.82. The summed E-state index contributed by atoms with van der Waals surface area (Å²) in [5, 5.41) is 2.93. The number of carbonyl (C=O) groups excluding carboxylic acids is 2. The fourth-order valence-electron chi connectivity index (χ4n) is 3.31. The molecule has 0 radical (unpaired) electrons. The second-order valence-electron chi connectivity index (χ2n) is 7.18. The van der Waals surface area contributed by atoms with Crippen LogP contribution in [0.1, 0.15) is 30.6 Å². The third-order valence-electron chi connectivity index (χ3n) is 4.70. The van der Waals surface area contributed by atoms with Crippen molar-refractivity contribution in [3.63, 3.8) is 0 Å². The Morgan fingerprint density at radius 2 is 1.52 bits per heavy atom. The topological polar surface area (TPSA) is 52.7 Å². The summed E-state index contributed by atoms with van der Waals surface area (Å²) in [4.78, 5) is 28.9. The van der Waals surface area contributed by atoms with Gasteiger partial charge >= 0.3 is 6.03 Å². The van der Waals surface area contributed by atoms with Crippen LogP contribution in [0.15, 0.2) is 54.6 Å². The van der Waals surface area contributed by atoms with Crippen LogP contribution in [0.25, 0.3) is 11.1 Å². The lowest BCUT2D eigenvalue weighted by molar-refractivity contribution is 0.0762. The standard InChI is InChI=1S/C22H27N3O2/c1-17(2)23-22(27)25-13-7-12-24(14-15-25)21(26)20-11-6-10-19(16-20)18-8-4-3-5-9-18/h3-6,8-11,16-17H,7,12-15H2,1-2H3,(H,23,27). The Bertz CT molecular complexity index is 789. The number of amides is 3. The Morgan fingerprint density at radius 3 is 2.26 bits per heavy atom. The van der Waals surface area contributed by atoms with E-state index in [0.717, 1.165) is 17.5 Å². The maximum absolute atomic E-state index is 13.0. The highest BCUT2D eigenvalue weighted by atomic mass is 16.2. The highest BCUT2D eigenvalue weighted by Crippen LogP contribution is 2.21. The van der Waals surface area contributed by atoms with Gasteiger partial charge in [0.1, 0.15) is 0 Å². The summed E-state index contributed by atoms with van der Waals surface area (Å²) in [5.74, 6) is 0.0268. The first-order valence-electron chi connectivity index (χ1n) is 9.55. The second kappa shape index (κ2) is 8.71. The molecule has 1 fully saturated rings. The summed E-state index contributed by atoms with van der Waals surface area (Å²) < 4.78 is 0. The van der Waals surface area contributed by atoms with Crippen molar-refractivity contribution in [2.75, 3.05) is 26.2 Å². The van der Waals surface area contributed by atoms with Gasteiger partial charge in [0.05, 0.1) is 0 Å². The van der Waals surface area contributed by atoms with E-state index in [2.05, 4.69) is 5.32 Å². The summed E-state index contributed by atoms with van der Waals surface area (Å²) >= 11 is 0. The van der Waals surface area contributed by atoms with Gasteiger partial charge in [-0.05, 0) is 43.5 Å². The van der Waals surface area contributed by atoms with Crippen LogP contribution in [0.4, 0.5) is 4.79 Å². The molecule has 3 amide bonds. The SMILES string of the molecule is CC(C)NC(=O)N1CCCN(C(=O)c2cccc(-c3ccccc3)c2)CC1. The van der Waals surface area contributed by atoms with Gasteiger partial charge in [-0.1, -0.05) is 42.5 Å². The van der Waals surface area contributed by atoms with Gasteiger partial charge in [0.2, 0.25) is 0 Å². The Labute approximate surface area is 161 Å². The van der Waals surface area contributed by atoms with Crippen molar-refractivity contribution in [3.8, 4) is 11.1 Å². The highest BCUT2D eigenvalue weighted by Gasteiger charge is 2.23. The number of hydrogen-bond donors (Lipinski definition) is 1. The molecule has 5 nitrogen and oxygen atoms in total. The van der Waals surface area contributed by atoms with Gasteiger partial charge in [-0.2, -0.15) is 0 Å². The van der Waals surface area contributed by atoms with E-state index in [-0.39, 0.29) is 18.0 Å². The van der Waals surface area contributed by atoms with E-state index < -0.39 is 0 Å². The van der Waals surface area contributed by atoms with E-state index in [9.17, 15) is 9.59 Å². The van der Waals surface area contributed by atoms with Crippen LogP contribution in [0.3, 0.4) is 0 Å². The molecule has 2 aromatic carbocycles. The fourth-order valence-corrected chi connectivity index (χ4v) is 3.31. The van der Waals surface area contributed by atoms with Gasteiger partial charge in [0.15, 0.2) is 0 Å². The number of hydrogen-bond acceptors (Lipinski definition) is 2. The normalized spacial score (nSPS) is 14.8. The summed E-state index contributed by atoms with van der Waals surface area (Å²) in [6, 6.07) is 17.9. The average Bonchev–Trinajstić information content (AvgIpc) is 2.94. The number of nitrogens with zero attached hydrogens (tertiary/aromatic N) is 2. The molecule has 1 aliphatic heterocycles. The van der Waals surface area contributed by atoms with E-state index in [4.69, 9.17) is 0 Å². The molecule has 0 bridgehead atoms. The number of nitrogens with one attached hydrogen (secondary N) is 1. The zero-order chi connectivity index (χ0) is 19.2. The predicted octanol–water partition coefficient (Wildman–Crippen LogP) is 3.62. The molecule has 1 saturated heterocycles. The fraction of sp³-hybridized carbons (Fsp3) is 0.364. The molecule has 1 N–H and O–H groups in total. The van der Waals surface area contributed by atoms with E-state index in [0.29, 0.717) is 31.7 Å². The van der Waals surface area contributed by atoms with E-state index in [1.54, 1.807) is 4.90 Å². The lowest BCUT2D eigenvalue weighted by Crippen LogP contribution is -2.44. The van der Waals surface area contributed by atoms with E-state index >= 15 is 0 Å². The molecule has 0 saturated carbocycles. The van der Waals surface area contributed by atoms with Crippen molar-refractivity contribution in [2.45, 2.75) is 26.3 Å². The van der Waals surface area contributed by atoms with Crippen molar-refractivity contribution in [3.05, 3.63) is 60.2 Å². The zero-order valence-electron chi connectivity index (χ0n) is 16.0. The lowest BCUT2D eigenvalue weighted by Gasteiger charge is -2.23. The van der Waals surface area contributed by atoms with Gasteiger partial charge in [-0.3, -0.25) is 4.79 Å². The van der Waals surface area contributed by atoms with Gasteiger partial charge < -0.3 is 15.1 Å². The molecule has 142 valence electrons. The largest absolute Gasteiger partial charge is 0.337 e. The van der Waals surface area contributed by atoms with Crippen LogP contribution in [-0.4, -0.2) is 54.0 Å². The summed E-state index contributed by atoms with van der Waals surface area (Å²) in [6.45, 7) is 6.35. The van der Waals surface area contributed by atoms with Crippen molar-refractivity contribution >= 4 is 11.9 Å². The summed E-state index contributed by atoms with van der Waals surface area (Å²) in [5.41, 5.74) is 2.82. The number of rotatable bonds is 3. The molecule has 3 rings (SSSR count). The minimum Gasteiger partial charge on any atom is -0.337 e. The summed E-state index contributed by atoms with van der Waals surface area (Å²) in [6.07, 6.45) is 0.787. The van der Waals surface area contributed by atoms with Crippen LogP contribution in [0.2, 0.25) is 0 Å².